The van der Waals surface area contributed by atoms with Crippen molar-refractivity contribution in [2.45, 2.75) is 0 Å². The SMILES string of the molecule is COCOc1cccc2c(O)c3c(=O)oc4ccc(OC)c5c(=O)oc(c12)c3c45. The molecule has 0 aliphatic rings. The maximum Gasteiger partial charge on any atom is 0.348 e. The minimum atomic E-state index is -0.745. The molecule has 3 aromatic carbocycles. The average molecular weight is 394 g/mol. The van der Waals surface area contributed by atoms with Crippen molar-refractivity contribution in [2.75, 3.05) is 21.0 Å². The Labute approximate surface area is 161 Å². The highest BCUT2D eigenvalue weighted by atomic mass is 16.7. The largest absolute Gasteiger partial charge is 0.506 e. The van der Waals surface area contributed by atoms with Crippen molar-refractivity contribution in [2.24, 2.45) is 0 Å². The summed E-state index contributed by atoms with van der Waals surface area (Å²) in [5, 5.41) is 12.2. The Kier molecular flexibility index (Phi) is 3.65. The van der Waals surface area contributed by atoms with Gasteiger partial charge in [-0.2, -0.15) is 0 Å². The van der Waals surface area contributed by atoms with Gasteiger partial charge in [-0.3, -0.25) is 0 Å². The van der Waals surface area contributed by atoms with Crippen molar-refractivity contribution in [3.05, 3.63) is 51.2 Å². The maximum atomic E-state index is 12.9. The van der Waals surface area contributed by atoms with Crippen molar-refractivity contribution >= 4 is 43.5 Å². The molecule has 2 heterocycles. The molecule has 146 valence electrons. The molecule has 8 heteroatoms. The third-order valence-electron chi connectivity index (χ3n) is 4.96. The van der Waals surface area contributed by atoms with Crippen LogP contribution in [0.25, 0.3) is 43.5 Å². The highest BCUT2D eigenvalue weighted by molar-refractivity contribution is 6.29. The monoisotopic (exact) mass is 394 g/mol. The number of benzene rings is 3. The van der Waals surface area contributed by atoms with Gasteiger partial charge in [-0.15, -0.1) is 0 Å². The van der Waals surface area contributed by atoms with Crippen molar-refractivity contribution < 1.29 is 28.2 Å². The first-order chi connectivity index (χ1) is 14.1. The minimum absolute atomic E-state index is 0.0535. The Balaban J connectivity index is 2.15. The van der Waals surface area contributed by atoms with Crippen molar-refractivity contribution in [1.82, 2.24) is 0 Å². The zero-order valence-electron chi connectivity index (χ0n) is 15.4. The van der Waals surface area contributed by atoms with Gasteiger partial charge in [0.1, 0.15) is 33.6 Å². The standard InChI is InChI=1S/C21H14O8/c1-25-8-27-11-5-3-4-9-13(11)19-16-14-12(28-21(24)17(16)18(9)22)7-6-10(26-2)15(14)20(23)29-19/h3-7,22H,8H2,1-2H3. The van der Waals surface area contributed by atoms with E-state index in [4.69, 9.17) is 23.0 Å². The van der Waals surface area contributed by atoms with E-state index in [-0.39, 0.29) is 51.0 Å². The summed E-state index contributed by atoms with van der Waals surface area (Å²) in [6.45, 7) is -0.0535. The van der Waals surface area contributed by atoms with Gasteiger partial charge in [0.05, 0.1) is 12.5 Å². The highest BCUT2D eigenvalue weighted by Gasteiger charge is 2.26. The summed E-state index contributed by atoms with van der Waals surface area (Å²) < 4.78 is 26.9. The number of rotatable bonds is 4. The van der Waals surface area contributed by atoms with Crippen LogP contribution >= 0.6 is 0 Å². The number of phenolic OH excluding ortho intramolecular Hbond substituents is 1. The van der Waals surface area contributed by atoms with Crippen LogP contribution in [0.4, 0.5) is 0 Å². The molecule has 0 amide bonds. The molecule has 8 nitrogen and oxygen atoms in total. The smallest absolute Gasteiger partial charge is 0.348 e. The number of aromatic hydroxyl groups is 1. The molecule has 0 spiro atoms. The molecule has 5 rings (SSSR count). The number of phenols is 1. The van der Waals surface area contributed by atoms with Crippen LogP contribution in [0.15, 0.2) is 48.8 Å². The fourth-order valence-electron chi connectivity index (χ4n) is 3.80. The van der Waals surface area contributed by atoms with Gasteiger partial charge in [0.25, 0.3) is 0 Å². The van der Waals surface area contributed by atoms with E-state index in [9.17, 15) is 14.7 Å². The molecule has 0 atom stereocenters. The number of hydrogen-bond donors (Lipinski definition) is 1. The molecule has 0 saturated carbocycles. The molecule has 0 radical (unpaired) electrons. The van der Waals surface area contributed by atoms with E-state index in [0.717, 1.165) is 0 Å². The second-order valence-corrected chi connectivity index (χ2v) is 6.45. The van der Waals surface area contributed by atoms with Crippen molar-refractivity contribution in [1.29, 1.82) is 0 Å². The van der Waals surface area contributed by atoms with Crippen LogP contribution in [0.3, 0.4) is 0 Å². The lowest BCUT2D eigenvalue weighted by Crippen LogP contribution is -2.09. The van der Waals surface area contributed by atoms with E-state index in [2.05, 4.69) is 0 Å². The van der Waals surface area contributed by atoms with Crippen LogP contribution in [-0.2, 0) is 4.74 Å². The number of hydrogen-bond acceptors (Lipinski definition) is 8. The molecule has 0 bridgehead atoms. The van der Waals surface area contributed by atoms with Crippen LogP contribution in [0.1, 0.15) is 0 Å². The van der Waals surface area contributed by atoms with E-state index in [0.29, 0.717) is 16.5 Å². The summed E-state index contributed by atoms with van der Waals surface area (Å²) in [6, 6.07) is 7.95. The zero-order chi connectivity index (χ0) is 20.3. The van der Waals surface area contributed by atoms with Gasteiger partial charge < -0.3 is 28.2 Å². The van der Waals surface area contributed by atoms with Crippen molar-refractivity contribution in [3.8, 4) is 17.2 Å². The molecule has 29 heavy (non-hydrogen) atoms. The predicted molar refractivity (Wildman–Crippen MR) is 105 cm³/mol. The average Bonchev–Trinajstić information content (AvgIpc) is 2.73. The number of fused-ring (bicyclic) bond motifs is 2. The molecule has 1 N–H and O–H groups in total. The summed E-state index contributed by atoms with van der Waals surface area (Å²) in [7, 11) is 2.89. The van der Waals surface area contributed by atoms with Crippen LogP contribution in [-0.4, -0.2) is 26.1 Å². The van der Waals surface area contributed by atoms with Crippen molar-refractivity contribution in [3.63, 3.8) is 0 Å². The fraction of sp³-hybridized carbons (Fsp3) is 0.143. The highest BCUT2D eigenvalue weighted by Crippen LogP contribution is 2.45. The molecular formula is C21H14O8. The predicted octanol–water partition coefficient (Wildman–Crippen LogP) is 3.34. The van der Waals surface area contributed by atoms with Gasteiger partial charge in [-0.05, 0) is 18.2 Å². The second kappa shape index (κ2) is 6.11. The third kappa shape index (κ3) is 2.23. The van der Waals surface area contributed by atoms with E-state index in [1.54, 1.807) is 18.2 Å². The Morgan fingerprint density at radius 3 is 2.41 bits per heavy atom. The molecule has 2 aromatic heterocycles. The lowest BCUT2D eigenvalue weighted by molar-refractivity contribution is 0.0522. The lowest BCUT2D eigenvalue weighted by Gasteiger charge is -2.15. The minimum Gasteiger partial charge on any atom is -0.506 e. The first-order valence-electron chi connectivity index (χ1n) is 8.66. The molecule has 5 aromatic rings. The molecule has 0 aliphatic carbocycles. The summed E-state index contributed by atoms with van der Waals surface area (Å²) in [5.41, 5.74) is -1.11. The van der Waals surface area contributed by atoms with Gasteiger partial charge in [0, 0.05) is 23.3 Å². The summed E-state index contributed by atoms with van der Waals surface area (Å²) in [4.78, 5) is 25.6. The number of ether oxygens (including phenoxy) is 3. The zero-order valence-corrected chi connectivity index (χ0v) is 15.4. The van der Waals surface area contributed by atoms with Crippen LogP contribution in [0, 0.1) is 0 Å². The second-order valence-electron chi connectivity index (χ2n) is 6.45. The topological polar surface area (TPSA) is 108 Å². The Bertz CT molecular complexity index is 1530. The molecule has 0 saturated heterocycles. The van der Waals surface area contributed by atoms with Gasteiger partial charge in [0.2, 0.25) is 0 Å². The maximum absolute atomic E-state index is 12.9. The molecule has 0 aliphatic heterocycles. The Morgan fingerprint density at radius 2 is 1.66 bits per heavy atom. The number of methoxy groups -OCH3 is 2. The van der Waals surface area contributed by atoms with E-state index in [1.165, 1.54) is 26.4 Å². The molecule has 0 unspecified atom stereocenters. The van der Waals surface area contributed by atoms with E-state index < -0.39 is 11.3 Å². The molecular weight excluding hydrogens is 380 g/mol. The van der Waals surface area contributed by atoms with Gasteiger partial charge in [-0.25, -0.2) is 9.59 Å². The fourth-order valence-corrected chi connectivity index (χ4v) is 3.80. The quantitative estimate of drug-likeness (QED) is 0.214. The van der Waals surface area contributed by atoms with Gasteiger partial charge in [0.15, 0.2) is 12.4 Å². The first-order valence-corrected chi connectivity index (χ1v) is 8.66. The van der Waals surface area contributed by atoms with Gasteiger partial charge >= 0.3 is 11.3 Å². The van der Waals surface area contributed by atoms with Gasteiger partial charge in [-0.1, -0.05) is 12.1 Å². The first kappa shape index (κ1) is 17.3. The normalized spacial score (nSPS) is 11.8. The third-order valence-corrected chi connectivity index (χ3v) is 4.96. The molecule has 0 fully saturated rings. The van der Waals surface area contributed by atoms with E-state index in [1.807, 2.05) is 0 Å². The van der Waals surface area contributed by atoms with Crippen LogP contribution < -0.4 is 20.7 Å². The summed E-state index contributed by atoms with van der Waals surface area (Å²) in [6.07, 6.45) is 0. The van der Waals surface area contributed by atoms with Crippen LogP contribution in [0.2, 0.25) is 0 Å². The Morgan fingerprint density at radius 1 is 0.862 bits per heavy atom. The Hall–Kier alpha value is -3.78. The summed E-state index contributed by atoms with van der Waals surface area (Å²) >= 11 is 0. The summed E-state index contributed by atoms with van der Waals surface area (Å²) in [5.74, 6) is 0.313. The van der Waals surface area contributed by atoms with Crippen LogP contribution in [0.5, 0.6) is 17.2 Å². The van der Waals surface area contributed by atoms with E-state index >= 15 is 0 Å². The lowest BCUT2D eigenvalue weighted by atomic mass is 9.97.